The van der Waals surface area contributed by atoms with Crippen LogP contribution in [-0.2, 0) is 0 Å². The summed E-state index contributed by atoms with van der Waals surface area (Å²) in [6.07, 6.45) is 1.08. The van der Waals surface area contributed by atoms with E-state index in [1.807, 2.05) is 6.07 Å². The molecule has 0 spiro atoms. The third-order valence-corrected chi connectivity index (χ3v) is 3.08. The van der Waals surface area contributed by atoms with Crippen molar-refractivity contribution >= 4 is 0 Å². The first-order chi connectivity index (χ1) is 6.81. The van der Waals surface area contributed by atoms with Crippen molar-refractivity contribution in [1.82, 2.24) is 4.90 Å². The second kappa shape index (κ2) is 4.11. The molecule has 0 aliphatic carbocycles. The Morgan fingerprint density at radius 2 is 2.07 bits per heavy atom. The topological polar surface area (TPSA) is 23.5 Å². The van der Waals surface area contributed by atoms with Gasteiger partial charge in [-0.25, -0.2) is 0 Å². The highest BCUT2D eigenvalue weighted by Crippen LogP contribution is 2.33. The molecule has 0 radical (unpaired) electrons. The Labute approximate surface area is 85.2 Å². The van der Waals surface area contributed by atoms with Crippen molar-refractivity contribution in [1.29, 1.82) is 0 Å². The zero-order valence-electron chi connectivity index (χ0n) is 8.56. The maximum Gasteiger partial charge on any atom is 0.0472 e. The van der Waals surface area contributed by atoms with E-state index in [1.54, 1.807) is 0 Å². The van der Waals surface area contributed by atoms with Gasteiger partial charge < -0.3 is 5.11 Å². The van der Waals surface area contributed by atoms with Crippen molar-refractivity contribution in [3.63, 3.8) is 0 Å². The number of aliphatic hydroxyl groups excluding tert-OH is 1. The summed E-state index contributed by atoms with van der Waals surface area (Å²) in [6.45, 7) is 1.32. The van der Waals surface area contributed by atoms with Crippen LogP contribution in [0.5, 0.6) is 0 Å². The molecule has 1 aromatic rings. The summed E-state index contributed by atoms with van der Waals surface area (Å²) in [7, 11) is 2.13. The molecule has 1 N–H and O–H groups in total. The van der Waals surface area contributed by atoms with Gasteiger partial charge in [0.1, 0.15) is 0 Å². The van der Waals surface area contributed by atoms with E-state index >= 15 is 0 Å². The summed E-state index contributed by atoms with van der Waals surface area (Å²) in [4.78, 5) is 2.33. The van der Waals surface area contributed by atoms with Gasteiger partial charge in [0.25, 0.3) is 0 Å². The molecule has 0 bridgehead atoms. The summed E-state index contributed by atoms with van der Waals surface area (Å²) in [5.41, 5.74) is 1.37. The molecule has 1 aromatic carbocycles. The van der Waals surface area contributed by atoms with Crippen molar-refractivity contribution < 1.29 is 5.11 Å². The Balaban J connectivity index is 2.13. The van der Waals surface area contributed by atoms with Crippen molar-refractivity contribution in [2.45, 2.75) is 12.5 Å². The number of hydrogen-bond acceptors (Lipinski definition) is 2. The van der Waals surface area contributed by atoms with Crippen LogP contribution in [0.15, 0.2) is 30.3 Å². The van der Waals surface area contributed by atoms with Gasteiger partial charge in [-0.05, 0) is 24.9 Å². The molecule has 2 heteroatoms. The molecule has 2 rings (SSSR count). The van der Waals surface area contributed by atoms with Gasteiger partial charge >= 0.3 is 0 Å². The highest BCUT2D eigenvalue weighted by molar-refractivity contribution is 5.20. The summed E-state index contributed by atoms with van der Waals surface area (Å²) in [5.74, 6) is 0.449. The molecule has 2 unspecified atom stereocenters. The van der Waals surface area contributed by atoms with Crippen LogP contribution < -0.4 is 0 Å². The van der Waals surface area contributed by atoms with Crippen LogP contribution in [0.3, 0.4) is 0 Å². The van der Waals surface area contributed by atoms with Gasteiger partial charge in [0.15, 0.2) is 0 Å². The summed E-state index contributed by atoms with van der Waals surface area (Å²) in [6, 6.07) is 11.0. The fourth-order valence-electron chi connectivity index (χ4n) is 2.30. The minimum absolute atomic E-state index is 0.313. The van der Waals surface area contributed by atoms with E-state index in [9.17, 15) is 0 Å². The zero-order valence-corrected chi connectivity index (χ0v) is 8.56. The zero-order chi connectivity index (χ0) is 9.97. The molecular formula is C12H17NO. The van der Waals surface area contributed by atoms with E-state index in [2.05, 4.69) is 36.2 Å². The molecule has 0 amide bonds. The third-order valence-electron chi connectivity index (χ3n) is 3.08. The minimum Gasteiger partial charge on any atom is -0.396 e. The molecular weight excluding hydrogens is 174 g/mol. The van der Waals surface area contributed by atoms with Crippen molar-refractivity contribution in [3.05, 3.63) is 35.9 Å². The minimum atomic E-state index is 0.313. The summed E-state index contributed by atoms with van der Waals surface area (Å²) >= 11 is 0. The van der Waals surface area contributed by atoms with Gasteiger partial charge in [-0.2, -0.15) is 0 Å². The lowest BCUT2D eigenvalue weighted by atomic mass is 10.0. The Hall–Kier alpha value is -0.860. The predicted molar refractivity (Wildman–Crippen MR) is 57.0 cm³/mol. The Bertz CT molecular complexity index is 286. The number of nitrogens with zero attached hydrogens (tertiary/aromatic N) is 1. The SMILES string of the molecule is CN1CC(CO)CC1c1ccccc1. The largest absolute Gasteiger partial charge is 0.396 e. The standard InChI is InChI=1S/C12H17NO/c1-13-8-10(9-14)7-12(13)11-5-3-2-4-6-11/h2-6,10,12,14H,7-9H2,1H3. The molecule has 76 valence electrons. The van der Waals surface area contributed by atoms with Crippen LogP contribution in [0.2, 0.25) is 0 Å². The van der Waals surface area contributed by atoms with Crippen LogP contribution in [0.4, 0.5) is 0 Å². The second-order valence-corrected chi connectivity index (χ2v) is 4.15. The number of hydrogen-bond donors (Lipinski definition) is 1. The molecule has 1 aliphatic heterocycles. The number of likely N-dealkylation sites (tertiary alicyclic amines) is 1. The van der Waals surface area contributed by atoms with E-state index in [-0.39, 0.29) is 0 Å². The number of aliphatic hydroxyl groups is 1. The van der Waals surface area contributed by atoms with Crippen LogP contribution >= 0.6 is 0 Å². The van der Waals surface area contributed by atoms with Crippen LogP contribution in [0.25, 0.3) is 0 Å². The Kier molecular flexibility index (Phi) is 2.85. The van der Waals surface area contributed by atoms with Gasteiger partial charge in [0, 0.05) is 19.2 Å². The fourth-order valence-corrected chi connectivity index (χ4v) is 2.30. The molecule has 14 heavy (non-hydrogen) atoms. The van der Waals surface area contributed by atoms with Crippen molar-refractivity contribution in [2.24, 2.45) is 5.92 Å². The fraction of sp³-hybridized carbons (Fsp3) is 0.500. The predicted octanol–water partition coefficient (Wildman–Crippen LogP) is 1.67. The molecule has 2 nitrogen and oxygen atoms in total. The second-order valence-electron chi connectivity index (χ2n) is 4.15. The van der Waals surface area contributed by atoms with Gasteiger partial charge in [-0.15, -0.1) is 0 Å². The van der Waals surface area contributed by atoms with E-state index in [1.165, 1.54) is 5.56 Å². The summed E-state index contributed by atoms with van der Waals surface area (Å²) in [5, 5.41) is 9.12. The first kappa shape index (κ1) is 9.69. The molecule has 0 aromatic heterocycles. The quantitative estimate of drug-likeness (QED) is 0.768. The maximum absolute atomic E-state index is 9.12. The maximum atomic E-state index is 9.12. The normalized spacial score (nSPS) is 28.1. The van der Waals surface area contributed by atoms with Gasteiger partial charge in [-0.1, -0.05) is 30.3 Å². The van der Waals surface area contributed by atoms with Crippen molar-refractivity contribution in [3.8, 4) is 0 Å². The molecule has 0 saturated carbocycles. The van der Waals surface area contributed by atoms with E-state index in [4.69, 9.17) is 5.11 Å². The van der Waals surface area contributed by atoms with E-state index < -0.39 is 0 Å². The van der Waals surface area contributed by atoms with Gasteiger partial charge in [0.05, 0.1) is 0 Å². The molecule has 2 atom stereocenters. The van der Waals surface area contributed by atoms with E-state index in [0.29, 0.717) is 18.6 Å². The van der Waals surface area contributed by atoms with Crippen molar-refractivity contribution in [2.75, 3.05) is 20.2 Å². The number of rotatable bonds is 2. The average Bonchev–Trinajstić information content (AvgIpc) is 2.61. The smallest absolute Gasteiger partial charge is 0.0472 e. The van der Waals surface area contributed by atoms with Gasteiger partial charge in [-0.3, -0.25) is 4.90 Å². The van der Waals surface area contributed by atoms with Gasteiger partial charge in [0.2, 0.25) is 0 Å². The lowest BCUT2D eigenvalue weighted by Crippen LogP contribution is -2.18. The van der Waals surface area contributed by atoms with Crippen LogP contribution in [0.1, 0.15) is 18.0 Å². The highest BCUT2D eigenvalue weighted by atomic mass is 16.3. The Morgan fingerprint density at radius 3 is 2.64 bits per heavy atom. The van der Waals surface area contributed by atoms with Crippen LogP contribution in [-0.4, -0.2) is 30.2 Å². The summed E-state index contributed by atoms with van der Waals surface area (Å²) < 4.78 is 0. The monoisotopic (exact) mass is 191 g/mol. The molecule has 1 fully saturated rings. The lowest BCUT2D eigenvalue weighted by molar-refractivity contribution is 0.227. The first-order valence-corrected chi connectivity index (χ1v) is 5.17. The number of benzene rings is 1. The third kappa shape index (κ3) is 1.81. The molecule has 1 heterocycles. The highest BCUT2D eigenvalue weighted by Gasteiger charge is 2.29. The molecule has 1 saturated heterocycles. The average molecular weight is 191 g/mol. The Morgan fingerprint density at radius 1 is 1.36 bits per heavy atom. The molecule has 1 aliphatic rings. The lowest BCUT2D eigenvalue weighted by Gasteiger charge is -2.19. The van der Waals surface area contributed by atoms with Crippen LogP contribution in [0, 0.1) is 5.92 Å². The first-order valence-electron chi connectivity index (χ1n) is 5.17. The van der Waals surface area contributed by atoms with E-state index in [0.717, 1.165) is 13.0 Å².